The van der Waals surface area contributed by atoms with Crippen LogP contribution in [0.25, 0.3) is 0 Å². The Kier molecular flexibility index (Phi) is 2.54. The van der Waals surface area contributed by atoms with Crippen molar-refractivity contribution in [3.8, 4) is 0 Å². The molecule has 0 saturated heterocycles. The number of esters is 1. The highest BCUT2D eigenvalue weighted by molar-refractivity contribution is 6.06. The van der Waals surface area contributed by atoms with Crippen LogP contribution in [0.15, 0.2) is 28.0 Å². The summed E-state index contributed by atoms with van der Waals surface area (Å²) in [5, 5.41) is 0. The molecule has 2 aliphatic rings. The van der Waals surface area contributed by atoms with Crippen molar-refractivity contribution < 1.29 is 9.53 Å². The molecule has 1 N–H and O–H groups in total. The number of hydrogen-bond acceptors (Lipinski definition) is 4. The molecule has 1 aliphatic carbocycles. The molecule has 5 nitrogen and oxygen atoms in total. The van der Waals surface area contributed by atoms with Crippen LogP contribution in [0.2, 0.25) is 0 Å². The summed E-state index contributed by atoms with van der Waals surface area (Å²) in [6, 6.07) is 4.73. The lowest BCUT2D eigenvalue weighted by atomic mass is 9.83. The van der Waals surface area contributed by atoms with E-state index >= 15 is 0 Å². The minimum Gasteiger partial charge on any atom is -0.404 e. The first-order chi connectivity index (χ1) is 8.70. The number of cyclic esters (lactones) is 1. The number of ether oxygens (including phenoxy) is 1. The van der Waals surface area contributed by atoms with E-state index in [-0.39, 0.29) is 17.4 Å². The van der Waals surface area contributed by atoms with Crippen LogP contribution in [-0.2, 0) is 9.53 Å². The van der Waals surface area contributed by atoms with Gasteiger partial charge in [0, 0.05) is 6.07 Å². The summed E-state index contributed by atoms with van der Waals surface area (Å²) in [4.78, 5) is 30.3. The smallest absolute Gasteiger partial charge is 0.340 e. The molecule has 0 unspecified atom stereocenters. The first-order valence-electron chi connectivity index (χ1n) is 6.21. The van der Waals surface area contributed by atoms with E-state index in [1.165, 1.54) is 6.07 Å². The molecule has 0 bridgehead atoms. The molecule has 0 radical (unpaired) electrons. The molecule has 5 heteroatoms. The van der Waals surface area contributed by atoms with Crippen LogP contribution < -0.4 is 5.56 Å². The van der Waals surface area contributed by atoms with Gasteiger partial charge < -0.3 is 9.72 Å². The van der Waals surface area contributed by atoms with Crippen molar-refractivity contribution in [2.45, 2.75) is 37.6 Å². The average molecular weight is 246 g/mol. The zero-order chi connectivity index (χ0) is 12.6. The Hall–Kier alpha value is -1.91. The molecular weight excluding hydrogens is 232 g/mol. The number of pyridine rings is 1. The molecule has 1 fully saturated rings. The van der Waals surface area contributed by atoms with E-state index < -0.39 is 5.54 Å². The molecule has 0 aromatic carbocycles. The second-order valence-electron chi connectivity index (χ2n) is 4.83. The van der Waals surface area contributed by atoms with Gasteiger partial charge in [-0.1, -0.05) is 25.3 Å². The average Bonchev–Trinajstić information content (AvgIpc) is 2.68. The van der Waals surface area contributed by atoms with Crippen molar-refractivity contribution in [3.63, 3.8) is 0 Å². The van der Waals surface area contributed by atoms with Gasteiger partial charge in [0.05, 0.1) is 0 Å². The van der Waals surface area contributed by atoms with Gasteiger partial charge in [-0.05, 0) is 18.9 Å². The normalized spacial score (nSPS) is 21.8. The quantitative estimate of drug-likeness (QED) is 0.761. The number of carbonyl (C=O) groups is 1. The molecule has 1 aromatic heterocycles. The van der Waals surface area contributed by atoms with E-state index in [1.807, 2.05) is 0 Å². The van der Waals surface area contributed by atoms with Crippen molar-refractivity contribution in [3.05, 3.63) is 34.2 Å². The van der Waals surface area contributed by atoms with E-state index in [2.05, 4.69) is 9.98 Å². The number of hydrogen-bond donors (Lipinski definition) is 1. The second kappa shape index (κ2) is 4.08. The molecule has 1 aliphatic heterocycles. The third-order valence-electron chi connectivity index (χ3n) is 3.56. The standard InChI is InChI=1S/C13H14N2O3/c16-10-6-4-5-9(14-10)11-15-13(12(17)18-11)7-2-1-3-8-13/h4-6H,1-3,7-8H2,(H,14,16). The summed E-state index contributed by atoms with van der Waals surface area (Å²) in [5.41, 5.74) is -0.450. The largest absolute Gasteiger partial charge is 0.404 e. The fraction of sp³-hybridized carbons (Fsp3) is 0.462. The number of carbonyl (C=O) groups excluding carboxylic acids is 1. The Bertz CT molecular complexity index is 568. The monoisotopic (exact) mass is 246 g/mol. The summed E-state index contributed by atoms with van der Waals surface area (Å²) in [6.45, 7) is 0. The molecule has 1 spiro atoms. The summed E-state index contributed by atoms with van der Waals surface area (Å²) < 4.78 is 5.24. The third kappa shape index (κ3) is 1.75. The minimum absolute atomic E-state index is 0.226. The Morgan fingerprint density at radius 2 is 1.94 bits per heavy atom. The van der Waals surface area contributed by atoms with Crippen LogP contribution in [0, 0.1) is 0 Å². The minimum atomic E-state index is -0.694. The Labute approximate surface area is 104 Å². The van der Waals surface area contributed by atoms with Crippen LogP contribution in [0.5, 0.6) is 0 Å². The Balaban J connectivity index is 1.97. The number of nitrogens with zero attached hydrogens (tertiary/aromatic N) is 1. The van der Waals surface area contributed by atoms with Crippen molar-refractivity contribution in [1.29, 1.82) is 0 Å². The Morgan fingerprint density at radius 1 is 1.17 bits per heavy atom. The van der Waals surface area contributed by atoms with Crippen LogP contribution in [0.3, 0.4) is 0 Å². The van der Waals surface area contributed by atoms with Gasteiger partial charge >= 0.3 is 5.97 Å². The van der Waals surface area contributed by atoms with E-state index in [1.54, 1.807) is 12.1 Å². The molecule has 0 atom stereocenters. The SMILES string of the molecule is O=C1OC(c2cccc(=O)[nH]2)=NC12CCCCC2. The molecule has 2 heterocycles. The van der Waals surface area contributed by atoms with E-state index in [4.69, 9.17) is 4.74 Å². The van der Waals surface area contributed by atoms with Crippen LogP contribution in [-0.4, -0.2) is 22.4 Å². The highest BCUT2D eigenvalue weighted by Gasteiger charge is 2.46. The lowest BCUT2D eigenvalue weighted by Gasteiger charge is -2.25. The maximum atomic E-state index is 12.0. The number of H-pyrrole nitrogens is 1. The van der Waals surface area contributed by atoms with Gasteiger partial charge in [0.2, 0.25) is 11.5 Å². The first-order valence-corrected chi connectivity index (χ1v) is 6.21. The number of nitrogens with one attached hydrogen (secondary N) is 1. The number of aliphatic imine (C=N–C) groups is 1. The molecular formula is C13H14N2O3. The van der Waals surface area contributed by atoms with Crippen LogP contribution in [0.4, 0.5) is 0 Å². The molecule has 3 rings (SSSR count). The van der Waals surface area contributed by atoms with Crippen molar-refractivity contribution in [1.82, 2.24) is 4.98 Å². The predicted octanol–water partition coefficient (Wildman–Crippen LogP) is 1.38. The zero-order valence-electron chi connectivity index (χ0n) is 9.94. The summed E-state index contributed by atoms with van der Waals surface area (Å²) in [5.74, 6) is -0.0264. The lowest BCUT2D eigenvalue weighted by Crippen LogP contribution is -2.35. The van der Waals surface area contributed by atoms with Gasteiger partial charge in [-0.25, -0.2) is 9.79 Å². The summed E-state index contributed by atoms with van der Waals surface area (Å²) in [6.07, 6.45) is 4.62. The predicted molar refractivity (Wildman–Crippen MR) is 65.5 cm³/mol. The fourth-order valence-electron chi connectivity index (χ4n) is 2.59. The van der Waals surface area contributed by atoms with Crippen molar-refractivity contribution in [2.75, 3.05) is 0 Å². The van der Waals surface area contributed by atoms with Gasteiger partial charge in [0.25, 0.3) is 0 Å². The van der Waals surface area contributed by atoms with Crippen molar-refractivity contribution in [2.24, 2.45) is 4.99 Å². The van der Waals surface area contributed by atoms with Gasteiger partial charge in [0.1, 0.15) is 5.69 Å². The maximum absolute atomic E-state index is 12.0. The zero-order valence-corrected chi connectivity index (χ0v) is 9.94. The van der Waals surface area contributed by atoms with Gasteiger partial charge in [-0.15, -0.1) is 0 Å². The second-order valence-corrected chi connectivity index (χ2v) is 4.83. The van der Waals surface area contributed by atoms with Crippen molar-refractivity contribution >= 4 is 11.9 Å². The highest BCUT2D eigenvalue weighted by atomic mass is 16.6. The van der Waals surface area contributed by atoms with Gasteiger partial charge in [-0.2, -0.15) is 0 Å². The highest BCUT2D eigenvalue weighted by Crippen LogP contribution is 2.36. The molecule has 1 saturated carbocycles. The summed E-state index contributed by atoms with van der Waals surface area (Å²) in [7, 11) is 0. The number of aromatic amines is 1. The topological polar surface area (TPSA) is 71.5 Å². The Morgan fingerprint density at radius 3 is 2.67 bits per heavy atom. The van der Waals surface area contributed by atoms with Crippen LogP contribution in [0.1, 0.15) is 37.8 Å². The molecule has 1 aromatic rings. The van der Waals surface area contributed by atoms with E-state index in [0.29, 0.717) is 5.69 Å². The molecule has 18 heavy (non-hydrogen) atoms. The maximum Gasteiger partial charge on any atom is 0.340 e. The third-order valence-corrected chi connectivity index (χ3v) is 3.56. The lowest BCUT2D eigenvalue weighted by molar-refractivity contribution is -0.140. The van der Waals surface area contributed by atoms with E-state index in [9.17, 15) is 9.59 Å². The summed E-state index contributed by atoms with van der Waals surface area (Å²) >= 11 is 0. The van der Waals surface area contributed by atoms with Gasteiger partial charge in [-0.3, -0.25) is 4.79 Å². The van der Waals surface area contributed by atoms with Gasteiger partial charge in [0.15, 0.2) is 5.54 Å². The number of aromatic nitrogens is 1. The fourth-order valence-corrected chi connectivity index (χ4v) is 2.59. The van der Waals surface area contributed by atoms with E-state index in [0.717, 1.165) is 32.1 Å². The first kappa shape index (κ1) is 11.2. The molecule has 0 amide bonds. The number of rotatable bonds is 1. The van der Waals surface area contributed by atoms with Crippen LogP contribution >= 0.6 is 0 Å². The molecule has 94 valence electrons.